The molecule has 3 aliphatic carbocycles. The minimum absolute atomic E-state index is 0.259. The van der Waals surface area contributed by atoms with Gasteiger partial charge in [-0.15, -0.1) is 0 Å². The number of fused-ring (bicyclic) bond motifs is 2. The molecule has 2 bridgehead atoms. The fraction of sp³-hybridized carbons (Fsp3) is 0.571. The highest BCUT2D eigenvalue weighted by Gasteiger charge is 2.38. The predicted octanol–water partition coefficient (Wildman–Crippen LogP) is 3.67. The summed E-state index contributed by atoms with van der Waals surface area (Å²) in [5.41, 5.74) is 2.87. The molecule has 3 aliphatic rings. The van der Waals surface area contributed by atoms with E-state index in [2.05, 4.69) is 4.98 Å². The van der Waals surface area contributed by atoms with Crippen LogP contribution in [0.25, 0.3) is 0 Å². The number of pyridine rings is 1. The fourth-order valence-corrected chi connectivity index (χ4v) is 3.69. The third-order valence-corrected chi connectivity index (χ3v) is 4.45. The van der Waals surface area contributed by atoms with E-state index in [0.29, 0.717) is 29.2 Å². The summed E-state index contributed by atoms with van der Waals surface area (Å²) in [6.07, 6.45) is 6.24. The second kappa shape index (κ2) is 4.54. The van der Waals surface area contributed by atoms with Gasteiger partial charge in [0.05, 0.1) is 12.2 Å². The lowest BCUT2D eigenvalue weighted by molar-refractivity contribution is 0.0522. The molecule has 0 N–H and O–H groups in total. The Balaban J connectivity index is 2.13. The Morgan fingerprint density at radius 2 is 1.94 bits per heavy atom. The molecule has 0 atom stereocenters. The van der Waals surface area contributed by atoms with Crippen molar-refractivity contribution < 1.29 is 9.53 Å². The molecule has 1 fully saturated rings. The first kappa shape index (κ1) is 12.0. The minimum atomic E-state index is -0.259. The van der Waals surface area contributed by atoms with Crippen LogP contribution in [0.5, 0.6) is 0 Å². The SMILES string of the molecule is CCOC(=O)c1cnc(Cl)c2c1C1CCC2CC1. The van der Waals surface area contributed by atoms with Gasteiger partial charge in [0.1, 0.15) is 5.15 Å². The number of hydrogen-bond donors (Lipinski definition) is 0. The molecule has 0 aromatic carbocycles. The molecule has 0 aliphatic heterocycles. The second-order valence-electron chi connectivity index (χ2n) is 5.06. The molecule has 1 saturated carbocycles. The average molecular weight is 266 g/mol. The summed E-state index contributed by atoms with van der Waals surface area (Å²) < 4.78 is 5.12. The van der Waals surface area contributed by atoms with Crippen LogP contribution < -0.4 is 0 Å². The Kier molecular flexibility index (Phi) is 3.02. The summed E-state index contributed by atoms with van der Waals surface area (Å²) in [7, 11) is 0. The Bertz CT molecular complexity index is 493. The molecule has 0 amide bonds. The molecule has 4 heteroatoms. The van der Waals surface area contributed by atoms with Gasteiger partial charge in [0.2, 0.25) is 0 Å². The van der Waals surface area contributed by atoms with E-state index < -0.39 is 0 Å². The zero-order valence-corrected chi connectivity index (χ0v) is 11.2. The molecule has 0 radical (unpaired) electrons. The van der Waals surface area contributed by atoms with Gasteiger partial charge in [0.25, 0.3) is 0 Å². The van der Waals surface area contributed by atoms with Crippen molar-refractivity contribution in [3.63, 3.8) is 0 Å². The molecule has 4 rings (SSSR count). The molecule has 0 unspecified atom stereocenters. The van der Waals surface area contributed by atoms with Crippen LogP contribution in [0.3, 0.4) is 0 Å². The van der Waals surface area contributed by atoms with Gasteiger partial charge in [-0.25, -0.2) is 9.78 Å². The van der Waals surface area contributed by atoms with Crippen molar-refractivity contribution in [2.24, 2.45) is 0 Å². The van der Waals surface area contributed by atoms with Crippen molar-refractivity contribution in [1.82, 2.24) is 4.98 Å². The molecule has 0 spiro atoms. The van der Waals surface area contributed by atoms with E-state index in [1.54, 1.807) is 6.20 Å². The maximum atomic E-state index is 12.0. The number of carbonyl (C=O) groups is 1. The highest BCUT2D eigenvalue weighted by molar-refractivity contribution is 6.30. The lowest BCUT2D eigenvalue weighted by Crippen LogP contribution is -2.26. The van der Waals surface area contributed by atoms with E-state index in [4.69, 9.17) is 16.3 Å². The molecule has 3 nitrogen and oxygen atoms in total. The standard InChI is InChI=1S/C14H16ClNO2/c1-2-18-14(17)10-7-16-13(15)12-9-5-3-8(4-6-9)11(10)12/h7-9H,2-6H2,1H3. The van der Waals surface area contributed by atoms with E-state index in [1.165, 1.54) is 12.8 Å². The van der Waals surface area contributed by atoms with E-state index >= 15 is 0 Å². The summed E-state index contributed by atoms with van der Waals surface area (Å²) >= 11 is 6.23. The van der Waals surface area contributed by atoms with Crippen LogP contribution in [0.4, 0.5) is 0 Å². The Labute approximate surface area is 112 Å². The molecular weight excluding hydrogens is 250 g/mol. The summed E-state index contributed by atoms with van der Waals surface area (Å²) in [6, 6.07) is 0. The van der Waals surface area contributed by atoms with Crippen LogP contribution in [0.1, 0.15) is 65.9 Å². The van der Waals surface area contributed by atoms with Gasteiger partial charge in [0.15, 0.2) is 0 Å². The number of ether oxygens (including phenoxy) is 1. The van der Waals surface area contributed by atoms with Crippen LogP contribution in [-0.4, -0.2) is 17.6 Å². The van der Waals surface area contributed by atoms with E-state index in [1.807, 2.05) is 6.92 Å². The lowest BCUT2D eigenvalue weighted by atomic mass is 9.66. The quantitative estimate of drug-likeness (QED) is 0.605. The molecule has 1 aromatic rings. The van der Waals surface area contributed by atoms with Crippen LogP contribution in [0.2, 0.25) is 5.15 Å². The summed E-state index contributed by atoms with van der Waals surface area (Å²) in [4.78, 5) is 16.2. The van der Waals surface area contributed by atoms with Gasteiger partial charge in [0, 0.05) is 6.20 Å². The molecular formula is C14H16ClNO2. The van der Waals surface area contributed by atoms with Crippen molar-refractivity contribution in [3.05, 3.63) is 28.0 Å². The van der Waals surface area contributed by atoms with Crippen molar-refractivity contribution in [2.45, 2.75) is 44.4 Å². The first-order valence-corrected chi connectivity index (χ1v) is 6.95. The number of aromatic nitrogens is 1. The zero-order chi connectivity index (χ0) is 12.7. The van der Waals surface area contributed by atoms with Crippen molar-refractivity contribution >= 4 is 17.6 Å². The van der Waals surface area contributed by atoms with E-state index in [-0.39, 0.29) is 5.97 Å². The van der Waals surface area contributed by atoms with Gasteiger partial charge < -0.3 is 4.74 Å². The van der Waals surface area contributed by atoms with Crippen LogP contribution in [0.15, 0.2) is 6.20 Å². The predicted molar refractivity (Wildman–Crippen MR) is 69.2 cm³/mol. The van der Waals surface area contributed by atoms with Gasteiger partial charge in [-0.1, -0.05) is 11.6 Å². The Morgan fingerprint density at radius 3 is 2.56 bits per heavy atom. The number of halogens is 1. The summed E-state index contributed by atoms with van der Waals surface area (Å²) in [5, 5.41) is 0.576. The van der Waals surface area contributed by atoms with Gasteiger partial charge in [-0.3, -0.25) is 0 Å². The third-order valence-electron chi connectivity index (χ3n) is 4.15. The average Bonchev–Trinajstić information content (AvgIpc) is 2.40. The molecule has 18 heavy (non-hydrogen) atoms. The summed E-state index contributed by atoms with van der Waals surface area (Å²) in [6.45, 7) is 2.21. The van der Waals surface area contributed by atoms with Gasteiger partial charge in [-0.2, -0.15) is 0 Å². The zero-order valence-electron chi connectivity index (χ0n) is 10.4. The van der Waals surface area contributed by atoms with Gasteiger partial charge >= 0.3 is 5.97 Å². The number of rotatable bonds is 2. The first-order valence-electron chi connectivity index (χ1n) is 6.57. The first-order chi connectivity index (χ1) is 8.72. The lowest BCUT2D eigenvalue weighted by Gasteiger charge is -2.39. The highest BCUT2D eigenvalue weighted by atomic mass is 35.5. The molecule has 1 aromatic heterocycles. The topological polar surface area (TPSA) is 39.2 Å². The molecule has 0 saturated heterocycles. The van der Waals surface area contributed by atoms with E-state index in [0.717, 1.165) is 24.0 Å². The van der Waals surface area contributed by atoms with Crippen LogP contribution in [0, 0.1) is 0 Å². The smallest absolute Gasteiger partial charge is 0.339 e. The van der Waals surface area contributed by atoms with Gasteiger partial charge in [-0.05, 0) is 55.6 Å². The number of esters is 1. The second-order valence-corrected chi connectivity index (χ2v) is 5.42. The van der Waals surface area contributed by atoms with Crippen LogP contribution in [-0.2, 0) is 4.74 Å². The minimum Gasteiger partial charge on any atom is -0.462 e. The highest BCUT2D eigenvalue weighted by Crippen LogP contribution is 2.52. The molecule has 96 valence electrons. The van der Waals surface area contributed by atoms with Crippen molar-refractivity contribution in [1.29, 1.82) is 0 Å². The summed E-state index contributed by atoms with van der Waals surface area (Å²) in [5.74, 6) is 0.690. The Morgan fingerprint density at radius 1 is 1.33 bits per heavy atom. The van der Waals surface area contributed by atoms with Crippen molar-refractivity contribution in [3.8, 4) is 0 Å². The number of nitrogens with zero attached hydrogens (tertiary/aromatic N) is 1. The fourth-order valence-electron chi connectivity index (χ4n) is 3.39. The Hall–Kier alpha value is -1.09. The number of hydrogen-bond acceptors (Lipinski definition) is 3. The maximum Gasteiger partial charge on any atom is 0.339 e. The van der Waals surface area contributed by atoms with E-state index in [9.17, 15) is 4.79 Å². The largest absolute Gasteiger partial charge is 0.462 e. The molecule has 1 heterocycles. The van der Waals surface area contributed by atoms with Crippen LogP contribution >= 0.6 is 11.6 Å². The normalized spacial score (nSPS) is 24.8. The maximum absolute atomic E-state index is 12.0. The third kappa shape index (κ3) is 1.72. The number of carbonyl (C=O) groups excluding carboxylic acids is 1. The monoisotopic (exact) mass is 265 g/mol. The van der Waals surface area contributed by atoms with Crippen molar-refractivity contribution in [2.75, 3.05) is 6.61 Å².